The predicted octanol–water partition coefficient (Wildman–Crippen LogP) is 2.52. The molecule has 0 amide bonds. The summed E-state index contributed by atoms with van der Waals surface area (Å²) in [6.45, 7) is 0.137. The molecule has 130 valence electrons. The SMILES string of the molecule is COc1ccc(S(=O)(=O)NCc2ccc(-n3cccn3)nc2)cc1Br. The van der Waals surface area contributed by atoms with Crippen LogP contribution >= 0.6 is 15.9 Å². The van der Waals surface area contributed by atoms with Gasteiger partial charge in [-0.1, -0.05) is 6.07 Å². The van der Waals surface area contributed by atoms with Gasteiger partial charge in [0.1, 0.15) is 5.75 Å². The average molecular weight is 423 g/mol. The first-order chi connectivity index (χ1) is 12.0. The number of pyridine rings is 1. The summed E-state index contributed by atoms with van der Waals surface area (Å²) in [7, 11) is -2.12. The zero-order chi connectivity index (χ0) is 17.9. The average Bonchev–Trinajstić information content (AvgIpc) is 3.15. The third-order valence-corrected chi connectivity index (χ3v) is 5.47. The van der Waals surface area contributed by atoms with Crippen molar-refractivity contribution in [3.63, 3.8) is 0 Å². The van der Waals surface area contributed by atoms with Crippen molar-refractivity contribution in [1.29, 1.82) is 0 Å². The van der Waals surface area contributed by atoms with E-state index in [4.69, 9.17) is 4.74 Å². The minimum atomic E-state index is -3.64. The molecule has 0 aliphatic rings. The van der Waals surface area contributed by atoms with Crippen LogP contribution in [0.5, 0.6) is 5.75 Å². The predicted molar refractivity (Wildman–Crippen MR) is 96.1 cm³/mol. The highest BCUT2D eigenvalue weighted by Crippen LogP contribution is 2.27. The number of nitrogens with zero attached hydrogens (tertiary/aromatic N) is 3. The van der Waals surface area contributed by atoms with Crippen molar-refractivity contribution in [2.75, 3.05) is 7.11 Å². The van der Waals surface area contributed by atoms with Crippen LogP contribution in [0.25, 0.3) is 5.82 Å². The molecule has 0 spiro atoms. The molecule has 0 unspecified atom stereocenters. The Morgan fingerprint density at radius 2 is 2.12 bits per heavy atom. The lowest BCUT2D eigenvalue weighted by Gasteiger charge is -2.09. The number of nitrogens with one attached hydrogen (secondary N) is 1. The number of sulfonamides is 1. The molecule has 3 rings (SSSR count). The van der Waals surface area contributed by atoms with E-state index in [1.807, 2.05) is 0 Å². The van der Waals surface area contributed by atoms with Crippen LogP contribution in [0.1, 0.15) is 5.56 Å². The summed E-state index contributed by atoms with van der Waals surface area (Å²) in [5.41, 5.74) is 0.743. The van der Waals surface area contributed by atoms with Crippen molar-refractivity contribution in [2.45, 2.75) is 11.4 Å². The Kier molecular flexibility index (Phi) is 5.16. The smallest absolute Gasteiger partial charge is 0.240 e. The van der Waals surface area contributed by atoms with E-state index < -0.39 is 10.0 Å². The van der Waals surface area contributed by atoms with Crippen LogP contribution in [0, 0.1) is 0 Å². The number of hydrogen-bond donors (Lipinski definition) is 1. The molecule has 25 heavy (non-hydrogen) atoms. The third-order valence-electron chi connectivity index (χ3n) is 3.45. The number of aromatic nitrogens is 3. The van der Waals surface area contributed by atoms with Gasteiger partial charge >= 0.3 is 0 Å². The maximum absolute atomic E-state index is 12.4. The van der Waals surface area contributed by atoms with Crippen LogP contribution in [0.4, 0.5) is 0 Å². The summed E-state index contributed by atoms with van der Waals surface area (Å²) in [6.07, 6.45) is 5.06. The Labute approximate surface area is 153 Å². The molecular formula is C16H15BrN4O3S. The molecule has 2 heterocycles. The second-order valence-electron chi connectivity index (χ2n) is 5.10. The minimum absolute atomic E-state index is 0.137. The highest BCUT2D eigenvalue weighted by atomic mass is 79.9. The van der Waals surface area contributed by atoms with Gasteiger partial charge in [-0.25, -0.2) is 22.8 Å². The Morgan fingerprint density at radius 1 is 1.28 bits per heavy atom. The van der Waals surface area contributed by atoms with Crippen molar-refractivity contribution >= 4 is 26.0 Å². The normalized spacial score (nSPS) is 11.4. The van der Waals surface area contributed by atoms with Gasteiger partial charge in [0.25, 0.3) is 0 Å². The van der Waals surface area contributed by atoms with Gasteiger partial charge in [0.15, 0.2) is 5.82 Å². The highest BCUT2D eigenvalue weighted by Gasteiger charge is 2.15. The molecule has 0 bridgehead atoms. The van der Waals surface area contributed by atoms with E-state index in [1.54, 1.807) is 47.5 Å². The van der Waals surface area contributed by atoms with Gasteiger partial charge in [-0.2, -0.15) is 5.10 Å². The standard InChI is InChI=1S/C16H15BrN4O3S/c1-24-15-5-4-13(9-14(15)17)25(22,23)20-11-12-3-6-16(18-10-12)21-8-2-7-19-21/h2-10,20H,11H2,1H3. The number of methoxy groups -OCH3 is 1. The van der Waals surface area contributed by atoms with Crippen LogP contribution in [-0.2, 0) is 16.6 Å². The van der Waals surface area contributed by atoms with E-state index in [0.717, 1.165) is 5.56 Å². The van der Waals surface area contributed by atoms with Crippen LogP contribution in [0.2, 0.25) is 0 Å². The van der Waals surface area contributed by atoms with Gasteiger partial charge in [-0.3, -0.25) is 0 Å². The van der Waals surface area contributed by atoms with Crippen LogP contribution in [0.15, 0.2) is 64.4 Å². The summed E-state index contributed by atoms with van der Waals surface area (Å²) in [5.74, 6) is 1.23. The molecule has 9 heteroatoms. The number of hydrogen-bond acceptors (Lipinski definition) is 5. The molecular weight excluding hydrogens is 408 g/mol. The fraction of sp³-hybridized carbons (Fsp3) is 0.125. The molecule has 2 aromatic heterocycles. The molecule has 0 fully saturated rings. The van der Waals surface area contributed by atoms with Crippen molar-refractivity contribution in [3.05, 3.63) is 65.0 Å². The lowest BCUT2D eigenvalue weighted by Crippen LogP contribution is -2.23. The van der Waals surface area contributed by atoms with Gasteiger partial charge in [0.05, 0.1) is 16.5 Å². The van der Waals surface area contributed by atoms with E-state index in [9.17, 15) is 8.42 Å². The second kappa shape index (κ2) is 7.34. The largest absolute Gasteiger partial charge is 0.496 e. The quantitative estimate of drug-likeness (QED) is 0.659. The number of halogens is 1. The Morgan fingerprint density at radius 3 is 2.72 bits per heavy atom. The molecule has 0 aliphatic carbocycles. The van der Waals surface area contributed by atoms with Crippen LogP contribution in [-0.4, -0.2) is 30.3 Å². The van der Waals surface area contributed by atoms with Crippen molar-refractivity contribution in [1.82, 2.24) is 19.5 Å². The molecule has 1 aromatic carbocycles. The summed E-state index contributed by atoms with van der Waals surface area (Å²) in [5, 5.41) is 4.09. The molecule has 0 aliphatic heterocycles. The lowest BCUT2D eigenvalue weighted by molar-refractivity contribution is 0.411. The maximum Gasteiger partial charge on any atom is 0.240 e. The van der Waals surface area contributed by atoms with E-state index in [1.165, 1.54) is 19.2 Å². The highest BCUT2D eigenvalue weighted by molar-refractivity contribution is 9.10. The molecule has 1 N–H and O–H groups in total. The van der Waals surface area contributed by atoms with Crippen molar-refractivity contribution in [3.8, 4) is 11.6 Å². The van der Waals surface area contributed by atoms with E-state index in [0.29, 0.717) is 16.0 Å². The van der Waals surface area contributed by atoms with Gasteiger partial charge < -0.3 is 4.74 Å². The van der Waals surface area contributed by atoms with Gasteiger partial charge in [0.2, 0.25) is 10.0 Å². The second-order valence-corrected chi connectivity index (χ2v) is 7.72. The first-order valence-corrected chi connectivity index (χ1v) is 9.55. The molecule has 0 saturated carbocycles. The summed E-state index contributed by atoms with van der Waals surface area (Å²) in [4.78, 5) is 4.43. The Bertz CT molecular complexity index is 958. The van der Waals surface area contributed by atoms with Gasteiger partial charge in [-0.15, -0.1) is 0 Å². The fourth-order valence-corrected chi connectivity index (χ4v) is 3.87. The zero-order valence-electron chi connectivity index (χ0n) is 13.3. The Balaban J connectivity index is 1.71. The first kappa shape index (κ1) is 17.6. The van der Waals surface area contributed by atoms with E-state index >= 15 is 0 Å². The van der Waals surface area contributed by atoms with Crippen LogP contribution < -0.4 is 9.46 Å². The van der Waals surface area contributed by atoms with Gasteiger partial charge in [0, 0.05) is 25.1 Å². The Hall–Kier alpha value is -2.23. The molecule has 3 aromatic rings. The summed E-state index contributed by atoms with van der Waals surface area (Å²) in [6, 6.07) is 9.97. The van der Waals surface area contributed by atoms with E-state index in [-0.39, 0.29) is 11.4 Å². The van der Waals surface area contributed by atoms with Crippen LogP contribution in [0.3, 0.4) is 0 Å². The number of benzene rings is 1. The third kappa shape index (κ3) is 4.06. The summed E-state index contributed by atoms with van der Waals surface area (Å²) < 4.78 is 34.7. The zero-order valence-corrected chi connectivity index (χ0v) is 15.7. The molecule has 7 nitrogen and oxygen atoms in total. The maximum atomic E-state index is 12.4. The number of rotatable bonds is 6. The summed E-state index contributed by atoms with van der Waals surface area (Å²) >= 11 is 3.29. The fourth-order valence-electron chi connectivity index (χ4n) is 2.14. The number of ether oxygens (including phenoxy) is 1. The minimum Gasteiger partial charge on any atom is -0.496 e. The molecule has 0 radical (unpaired) electrons. The van der Waals surface area contributed by atoms with Crippen molar-refractivity contribution in [2.24, 2.45) is 0 Å². The first-order valence-electron chi connectivity index (χ1n) is 7.28. The monoisotopic (exact) mass is 422 g/mol. The van der Waals surface area contributed by atoms with E-state index in [2.05, 4.69) is 30.7 Å². The molecule has 0 atom stereocenters. The lowest BCUT2D eigenvalue weighted by atomic mass is 10.3. The topological polar surface area (TPSA) is 86.1 Å². The molecule has 0 saturated heterocycles. The van der Waals surface area contributed by atoms with Gasteiger partial charge in [-0.05, 0) is 51.8 Å². The van der Waals surface area contributed by atoms with Crippen molar-refractivity contribution < 1.29 is 13.2 Å².